The van der Waals surface area contributed by atoms with Crippen LogP contribution in [0.15, 0.2) is 18.5 Å². The number of carboxylic acids is 1. The molecular formula is C19H26N2O3. The second kappa shape index (κ2) is 7.77. The largest absolute Gasteiger partial charge is 0.478 e. The van der Waals surface area contributed by atoms with E-state index in [-0.39, 0.29) is 29.1 Å². The van der Waals surface area contributed by atoms with Gasteiger partial charge < -0.3 is 10.0 Å². The van der Waals surface area contributed by atoms with Crippen molar-refractivity contribution in [2.24, 2.45) is 0 Å². The first kappa shape index (κ1) is 16.9. The predicted molar refractivity (Wildman–Crippen MR) is 91.1 cm³/mol. The van der Waals surface area contributed by atoms with Crippen molar-refractivity contribution in [1.82, 2.24) is 9.88 Å². The Morgan fingerprint density at radius 1 is 0.917 bits per heavy atom. The van der Waals surface area contributed by atoms with E-state index in [1.54, 1.807) is 6.07 Å². The Morgan fingerprint density at radius 2 is 1.46 bits per heavy atom. The molecule has 0 spiro atoms. The van der Waals surface area contributed by atoms with Crippen LogP contribution in [0.3, 0.4) is 0 Å². The van der Waals surface area contributed by atoms with Gasteiger partial charge in [-0.1, -0.05) is 38.5 Å². The molecule has 2 fully saturated rings. The first-order valence-corrected chi connectivity index (χ1v) is 9.18. The lowest BCUT2D eigenvalue weighted by atomic mass is 9.88. The van der Waals surface area contributed by atoms with Crippen molar-refractivity contribution in [3.05, 3.63) is 29.6 Å². The van der Waals surface area contributed by atoms with E-state index >= 15 is 0 Å². The highest BCUT2D eigenvalue weighted by atomic mass is 16.4. The quantitative estimate of drug-likeness (QED) is 0.909. The lowest BCUT2D eigenvalue weighted by Gasteiger charge is -2.42. The summed E-state index contributed by atoms with van der Waals surface area (Å²) >= 11 is 0. The summed E-state index contributed by atoms with van der Waals surface area (Å²) in [5.74, 6) is -1.20. The molecule has 0 unspecified atom stereocenters. The molecule has 5 nitrogen and oxygen atoms in total. The molecule has 0 atom stereocenters. The van der Waals surface area contributed by atoms with Crippen LogP contribution in [0.25, 0.3) is 0 Å². The fourth-order valence-electron chi connectivity index (χ4n) is 4.24. The number of amides is 1. The minimum Gasteiger partial charge on any atom is -0.478 e. The summed E-state index contributed by atoms with van der Waals surface area (Å²) in [4.78, 5) is 30.7. The molecular weight excluding hydrogens is 304 g/mol. The fraction of sp³-hybridized carbons (Fsp3) is 0.632. The smallest absolute Gasteiger partial charge is 0.338 e. The molecule has 0 aromatic carbocycles. The minimum atomic E-state index is -1.08. The van der Waals surface area contributed by atoms with E-state index < -0.39 is 5.97 Å². The average molecular weight is 330 g/mol. The molecule has 0 aliphatic heterocycles. The van der Waals surface area contributed by atoms with Gasteiger partial charge in [0.1, 0.15) is 0 Å². The van der Waals surface area contributed by atoms with Crippen LogP contribution in [0.5, 0.6) is 0 Å². The van der Waals surface area contributed by atoms with Gasteiger partial charge in [0, 0.05) is 24.5 Å². The van der Waals surface area contributed by atoms with Gasteiger partial charge in [0.15, 0.2) is 0 Å². The third-order valence-electron chi connectivity index (χ3n) is 5.45. The van der Waals surface area contributed by atoms with Crippen molar-refractivity contribution in [2.75, 3.05) is 0 Å². The summed E-state index contributed by atoms with van der Waals surface area (Å²) in [6, 6.07) is 2.07. The Morgan fingerprint density at radius 3 is 1.96 bits per heavy atom. The molecule has 1 aromatic heterocycles. The van der Waals surface area contributed by atoms with Gasteiger partial charge in [-0.3, -0.25) is 9.78 Å². The third kappa shape index (κ3) is 3.60. The zero-order valence-corrected chi connectivity index (χ0v) is 14.1. The highest BCUT2D eigenvalue weighted by Gasteiger charge is 2.34. The Bertz CT molecular complexity index is 572. The maximum absolute atomic E-state index is 13.3. The number of rotatable bonds is 4. The second-order valence-electron chi connectivity index (χ2n) is 7.02. The zero-order chi connectivity index (χ0) is 16.9. The Kier molecular flexibility index (Phi) is 5.48. The van der Waals surface area contributed by atoms with Gasteiger partial charge in [0.05, 0.1) is 11.1 Å². The standard InChI is InChI=1S/C19H26N2O3/c22-18(16-11-12-20-13-17(16)19(23)24)21(14-7-3-1-4-8-14)15-9-5-2-6-10-15/h11-15H,1-10H2,(H,23,24). The van der Waals surface area contributed by atoms with Crippen LogP contribution in [0.1, 0.15) is 84.9 Å². The fourth-order valence-corrected chi connectivity index (χ4v) is 4.24. The number of carboxylic acid groups (broad SMARTS) is 1. The normalized spacial score (nSPS) is 19.8. The van der Waals surface area contributed by atoms with E-state index in [1.165, 1.54) is 25.2 Å². The number of carbonyl (C=O) groups excluding carboxylic acids is 1. The van der Waals surface area contributed by atoms with Gasteiger partial charge in [-0.15, -0.1) is 0 Å². The van der Waals surface area contributed by atoms with Gasteiger partial charge in [0.2, 0.25) is 0 Å². The van der Waals surface area contributed by atoms with Gasteiger partial charge in [-0.2, -0.15) is 0 Å². The highest BCUT2D eigenvalue weighted by molar-refractivity contribution is 6.04. The molecule has 0 radical (unpaired) electrons. The number of nitrogens with zero attached hydrogens (tertiary/aromatic N) is 2. The first-order valence-electron chi connectivity index (χ1n) is 9.18. The van der Waals surface area contributed by atoms with Crippen molar-refractivity contribution in [1.29, 1.82) is 0 Å². The van der Waals surface area contributed by atoms with Gasteiger partial charge in [-0.05, 0) is 31.7 Å². The van der Waals surface area contributed by atoms with E-state index in [2.05, 4.69) is 4.98 Å². The molecule has 1 aromatic rings. The Labute approximate surface area is 143 Å². The first-order chi connectivity index (χ1) is 11.7. The lowest BCUT2D eigenvalue weighted by molar-refractivity contribution is 0.0441. The molecule has 0 saturated heterocycles. The van der Waals surface area contributed by atoms with Gasteiger partial charge in [0.25, 0.3) is 5.91 Å². The van der Waals surface area contributed by atoms with Crippen molar-refractivity contribution in [3.8, 4) is 0 Å². The molecule has 2 aliphatic carbocycles. The van der Waals surface area contributed by atoms with Crippen LogP contribution in [0, 0.1) is 0 Å². The summed E-state index contributed by atoms with van der Waals surface area (Å²) in [6.07, 6.45) is 14.0. The van der Waals surface area contributed by atoms with E-state index in [4.69, 9.17) is 0 Å². The minimum absolute atomic E-state index is 0.0131. The molecule has 2 aliphatic rings. The van der Waals surface area contributed by atoms with Gasteiger partial charge in [-0.25, -0.2) is 4.79 Å². The molecule has 130 valence electrons. The molecule has 2 saturated carbocycles. The van der Waals surface area contributed by atoms with E-state index in [0.717, 1.165) is 51.4 Å². The summed E-state index contributed by atoms with van der Waals surface area (Å²) in [5.41, 5.74) is 0.299. The average Bonchev–Trinajstić information content (AvgIpc) is 2.63. The summed E-state index contributed by atoms with van der Waals surface area (Å²) in [5, 5.41) is 9.41. The number of aromatic nitrogens is 1. The lowest BCUT2D eigenvalue weighted by Crippen LogP contribution is -2.49. The second-order valence-corrected chi connectivity index (χ2v) is 7.02. The van der Waals surface area contributed by atoms with Crippen molar-refractivity contribution < 1.29 is 14.7 Å². The van der Waals surface area contributed by atoms with Gasteiger partial charge >= 0.3 is 5.97 Å². The topological polar surface area (TPSA) is 70.5 Å². The van der Waals surface area contributed by atoms with Crippen LogP contribution in [-0.2, 0) is 0 Å². The number of hydrogen-bond donors (Lipinski definition) is 1. The van der Waals surface area contributed by atoms with Crippen LogP contribution in [0.4, 0.5) is 0 Å². The molecule has 24 heavy (non-hydrogen) atoms. The summed E-state index contributed by atoms with van der Waals surface area (Å²) in [7, 11) is 0. The summed E-state index contributed by atoms with van der Waals surface area (Å²) < 4.78 is 0. The van der Waals surface area contributed by atoms with Crippen LogP contribution >= 0.6 is 0 Å². The molecule has 1 heterocycles. The maximum atomic E-state index is 13.3. The van der Waals surface area contributed by atoms with E-state index in [1.807, 2.05) is 4.90 Å². The Hall–Kier alpha value is -1.91. The maximum Gasteiger partial charge on any atom is 0.338 e. The third-order valence-corrected chi connectivity index (χ3v) is 5.45. The van der Waals surface area contributed by atoms with E-state index in [9.17, 15) is 14.7 Å². The Balaban J connectivity index is 1.92. The van der Waals surface area contributed by atoms with E-state index in [0.29, 0.717) is 0 Å². The highest BCUT2D eigenvalue weighted by Crippen LogP contribution is 2.31. The SMILES string of the molecule is O=C(O)c1cnccc1C(=O)N(C1CCCCC1)C1CCCCC1. The number of hydrogen-bond acceptors (Lipinski definition) is 3. The number of carbonyl (C=O) groups is 2. The summed E-state index contributed by atoms with van der Waals surface area (Å²) in [6.45, 7) is 0. The number of pyridine rings is 1. The molecule has 3 rings (SSSR count). The molecule has 5 heteroatoms. The van der Waals surface area contributed by atoms with Crippen LogP contribution < -0.4 is 0 Å². The van der Waals surface area contributed by atoms with Crippen LogP contribution in [-0.4, -0.2) is 39.0 Å². The molecule has 1 amide bonds. The van der Waals surface area contributed by atoms with Crippen molar-refractivity contribution >= 4 is 11.9 Å². The molecule has 1 N–H and O–H groups in total. The van der Waals surface area contributed by atoms with Crippen molar-refractivity contribution in [3.63, 3.8) is 0 Å². The monoisotopic (exact) mass is 330 g/mol. The van der Waals surface area contributed by atoms with Crippen LogP contribution in [0.2, 0.25) is 0 Å². The predicted octanol–water partition coefficient (Wildman–Crippen LogP) is 3.89. The van der Waals surface area contributed by atoms with Crippen molar-refractivity contribution in [2.45, 2.75) is 76.3 Å². The number of aromatic carboxylic acids is 1. The zero-order valence-electron chi connectivity index (χ0n) is 14.1. The molecule has 0 bridgehead atoms.